The van der Waals surface area contributed by atoms with E-state index in [0.29, 0.717) is 5.56 Å². The van der Waals surface area contributed by atoms with E-state index in [0.717, 1.165) is 27.1 Å². The van der Waals surface area contributed by atoms with E-state index in [4.69, 9.17) is 0 Å². The molecule has 4 aromatic rings. The molecule has 1 amide bonds. The maximum Gasteiger partial charge on any atom is 0.326 e. The zero-order chi connectivity index (χ0) is 19.5. The molecule has 4 nitrogen and oxygen atoms in total. The monoisotopic (exact) mass is 369 g/mol. The topological polar surface area (TPSA) is 66.4 Å². The van der Waals surface area contributed by atoms with E-state index in [1.807, 2.05) is 54.6 Å². The smallest absolute Gasteiger partial charge is 0.326 e. The van der Waals surface area contributed by atoms with Crippen LogP contribution in [0.1, 0.15) is 15.9 Å². The van der Waals surface area contributed by atoms with Gasteiger partial charge in [0.05, 0.1) is 0 Å². The Morgan fingerprint density at radius 2 is 1.32 bits per heavy atom. The fourth-order valence-corrected chi connectivity index (χ4v) is 3.56. The molecule has 0 aromatic heterocycles. The standard InChI is InChI=1S/C24H19NO3/c26-23(16-8-2-1-3-9-16)25-22(24(27)28)15-21-19-12-6-4-10-17(19)14-18-11-5-7-13-20(18)21/h1-14,22H,15H2,(H,25,26)(H,27,28)/t22-/m1/s1. The first-order chi connectivity index (χ1) is 13.6. The second-order valence-electron chi connectivity index (χ2n) is 6.73. The number of carbonyl (C=O) groups excluding carboxylic acids is 1. The number of fused-ring (bicyclic) bond motifs is 2. The Bertz CT molecular complexity index is 1110. The van der Waals surface area contributed by atoms with Gasteiger partial charge in [0.1, 0.15) is 6.04 Å². The largest absolute Gasteiger partial charge is 0.480 e. The molecule has 28 heavy (non-hydrogen) atoms. The predicted octanol–water partition coefficient (Wildman–Crippen LogP) is 4.42. The first-order valence-electron chi connectivity index (χ1n) is 9.11. The summed E-state index contributed by atoms with van der Waals surface area (Å²) < 4.78 is 0. The summed E-state index contributed by atoms with van der Waals surface area (Å²) in [6.07, 6.45) is 0.204. The summed E-state index contributed by atoms with van der Waals surface area (Å²) in [5.74, 6) is -1.45. The lowest BCUT2D eigenvalue weighted by molar-refractivity contribution is -0.139. The zero-order valence-corrected chi connectivity index (χ0v) is 15.1. The molecule has 0 aliphatic carbocycles. The Hall–Kier alpha value is -3.66. The van der Waals surface area contributed by atoms with Crippen LogP contribution in [0.3, 0.4) is 0 Å². The van der Waals surface area contributed by atoms with Gasteiger partial charge in [0, 0.05) is 12.0 Å². The van der Waals surface area contributed by atoms with Gasteiger partial charge in [-0.05, 0) is 45.3 Å². The van der Waals surface area contributed by atoms with E-state index in [9.17, 15) is 14.7 Å². The molecular weight excluding hydrogens is 350 g/mol. The number of hydrogen-bond acceptors (Lipinski definition) is 2. The number of aliphatic carboxylic acids is 1. The van der Waals surface area contributed by atoms with Gasteiger partial charge in [0.15, 0.2) is 0 Å². The molecule has 0 unspecified atom stereocenters. The van der Waals surface area contributed by atoms with Crippen LogP contribution in [-0.4, -0.2) is 23.0 Å². The third-order valence-electron chi connectivity index (χ3n) is 4.93. The summed E-state index contributed by atoms with van der Waals surface area (Å²) in [5, 5.41) is 16.5. The summed E-state index contributed by atoms with van der Waals surface area (Å²) in [6, 6.07) is 25.6. The van der Waals surface area contributed by atoms with E-state index in [1.165, 1.54) is 0 Å². The van der Waals surface area contributed by atoms with E-state index < -0.39 is 17.9 Å². The van der Waals surface area contributed by atoms with Gasteiger partial charge in [-0.1, -0.05) is 66.7 Å². The van der Waals surface area contributed by atoms with Crippen LogP contribution in [0, 0.1) is 0 Å². The van der Waals surface area contributed by atoms with Gasteiger partial charge in [-0.3, -0.25) is 4.79 Å². The van der Waals surface area contributed by atoms with Crippen LogP contribution < -0.4 is 5.32 Å². The molecule has 0 spiro atoms. The minimum absolute atomic E-state index is 0.204. The lowest BCUT2D eigenvalue weighted by atomic mass is 9.92. The molecule has 138 valence electrons. The fourth-order valence-electron chi connectivity index (χ4n) is 3.56. The van der Waals surface area contributed by atoms with Crippen LogP contribution in [0.25, 0.3) is 21.5 Å². The number of carboxylic acids is 1. The van der Waals surface area contributed by atoms with Crippen molar-refractivity contribution in [3.05, 3.63) is 96.1 Å². The minimum atomic E-state index is -1.05. The summed E-state index contributed by atoms with van der Waals surface area (Å²) >= 11 is 0. The van der Waals surface area contributed by atoms with Gasteiger partial charge < -0.3 is 10.4 Å². The number of benzene rings is 4. The lowest BCUT2D eigenvalue weighted by Gasteiger charge is -2.18. The fraction of sp³-hybridized carbons (Fsp3) is 0.0833. The number of amides is 1. The minimum Gasteiger partial charge on any atom is -0.480 e. The van der Waals surface area contributed by atoms with Crippen molar-refractivity contribution in [2.75, 3.05) is 0 Å². The molecule has 4 aromatic carbocycles. The van der Waals surface area contributed by atoms with Crippen LogP contribution in [0.15, 0.2) is 84.9 Å². The second kappa shape index (κ2) is 7.53. The molecule has 4 rings (SSSR count). The van der Waals surface area contributed by atoms with Gasteiger partial charge >= 0.3 is 5.97 Å². The Morgan fingerprint density at radius 1 is 0.786 bits per heavy atom. The molecule has 0 aliphatic heterocycles. The van der Waals surface area contributed by atoms with Crippen LogP contribution in [-0.2, 0) is 11.2 Å². The van der Waals surface area contributed by atoms with E-state index >= 15 is 0 Å². The molecule has 0 bridgehead atoms. The van der Waals surface area contributed by atoms with E-state index in [1.54, 1.807) is 24.3 Å². The molecule has 4 heteroatoms. The average molecular weight is 369 g/mol. The Kier molecular flexibility index (Phi) is 4.77. The van der Waals surface area contributed by atoms with Crippen LogP contribution in [0.2, 0.25) is 0 Å². The average Bonchev–Trinajstić information content (AvgIpc) is 2.73. The van der Waals surface area contributed by atoms with Crippen molar-refractivity contribution in [2.45, 2.75) is 12.5 Å². The summed E-state index contributed by atoms with van der Waals surface area (Å²) in [5.41, 5.74) is 1.37. The van der Waals surface area contributed by atoms with Gasteiger partial charge in [0.2, 0.25) is 0 Å². The first kappa shape index (κ1) is 17.7. The number of rotatable bonds is 5. The Morgan fingerprint density at radius 3 is 1.89 bits per heavy atom. The van der Waals surface area contributed by atoms with Crippen molar-refractivity contribution in [3.63, 3.8) is 0 Å². The van der Waals surface area contributed by atoms with Gasteiger partial charge in [-0.25, -0.2) is 4.79 Å². The van der Waals surface area contributed by atoms with Gasteiger partial charge in [0.25, 0.3) is 5.91 Å². The number of carboxylic acid groups (broad SMARTS) is 1. The summed E-state index contributed by atoms with van der Waals surface area (Å²) in [4.78, 5) is 24.4. The highest BCUT2D eigenvalue weighted by molar-refractivity contribution is 6.03. The second-order valence-corrected chi connectivity index (χ2v) is 6.73. The molecule has 0 fully saturated rings. The van der Waals surface area contributed by atoms with Crippen molar-refractivity contribution in [1.82, 2.24) is 5.32 Å². The highest BCUT2D eigenvalue weighted by Gasteiger charge is 2.23. The molecular formula is C24H19NO3. The zero-order valence-electron chi connectivity index (χ0n) is 15.1. The number of carbonyl (C=O) groups is 2. The number of hydrogen-bond donors (Lipinski definition) is 2. The molecule has 0 saturated carbocycles. The van der Waals surface area contributed by atoms with Gasteiger partial charge in [-0.2, -0.15) is 0 Å². The molecule has 0 aliphatic rings. The van der Waals surface area contributed by atoms with Crippen LogP contribution in [0.5, 0.6) is 0 Å². The molecule has 1 atom stereocenters. The van der Waals surface area contributed by atoms with Crippen LogP contribution >= 0.6 is 0 Å². The quantitative estimate of drug-likeness (QED) is 0.512. The lowest BCUT2D eigenvalue weighted by Crippen LogP contribution is -2.42. The van der Waals surface area contributed by atoms with Gasteiger partial charge in [-0.15, -0.1) is 0 Å². The highest BCUT2D eigenvalue weighted by Crippen LogP contribution is 2.29. The van der Waals surface area contributed by atoms with Crippen molar-refractivity contribution in [1.29, 1.82) is 0 Å². The van der Waals surface area contributed by atoms with Crippen molar-refractivity contribution in [3.8, 4) is 0 Å². The number of nitrogens with one attached hydrogen (secondary N) is 1. The third-order valence-corrected chi connectivity index (χ3v) is 4.93. The summed E-state index contributed by atoms with van der Waals surface area (Å²) in [6.45, 7) is 0. The maximum absolute atomic E-state index is 12.5. The first-order valence-corrected chi connectivity index (χ1v) is 9.11. The van der Waals surface area contributed by atoms with Crippen LogP contribution in [0.4, 0.5) is 0 Å². The molecule has 2 N–H and O–H groups in total. The predicted molar refractivity (Wildman–Crippen MR) is 110 cm³/mol. The van der Waals surface area contributed by atoms with Crippen molar-refractivity contribution >= 4 is 33.4 Å². The Balaban J connectivity index is 1.75. The Labute approximate surface area is 162 Å². The summed E-state index contributed by atoms with van der Waals surface area (Å²) in [7, 11) is 0. The molecule has 0 radical (unpaired) electrons. The van der Waals surface area contributed by atoms with Crippen molar-refractivity contribution < 1.29 is 14.7 Å². The maximum atomic E-state index is 12.5. The van der Waals surface area contributed by atoms with E-state index in [-0.39, 0.29) is 6.42 Å². The molecule has 0 heterocycles. The molecule has 0 saturated heterocycles. The van der Waals surface area contributed by atoms with E-state index in [2.05, 4.69) is 11.4 Å². The van der Waals surface area contributed by atoms with Crippen molar-refractivity contribution in [2.24, 2.45) is 0 Å². The SMILES string of the molecule is O=C(N[C@H](Cc1c2ccccc2cc2ccccc12)C(=O)O)c1ccccc1. The third kappa shape index (κ3) is 3.45. The normalized spacial score (nSPS) is 12.0. The highest BCUT2D eigenvalue weighted by atomic mass is 16.4.